The molecule has 0 bridgehead atoms. The van der Waals surface area contributed by atoms with Gasteiger partial charge in [-0.3, -0.25) is 9.59 Å². The summed E-state index contributed by atoms with van der Waals surface area (Å²) < 4.78 is 5.63. The highest BCUT2D eigenvalue weighted by atomic mass is 16.5. The lowest BCUT2D eigenvalue weighted by atomic mass is 9.99. The van der Waals surface area contributed by atoms with E-state index in [9.17, 15) is 14.4 Å². The van der Waals surface area contributed by atoms with Crippen molar-refractivity contribution in [1.29, 1.82) is 5.26 Å². The van der Waals surface area contributed by atoms with Crippen LogP contribution in [-0.4, -0.2) is 34.8 Å². The smallest absolute Gasteiger partial charge is 0.328 e. The number of carbonyl (C=O) groups excluding carboxylic acids is 2. The topological polar surface area (TPSA) is 114 Å². The van der Waals surface area contributed by atoms with E-state index in [4.69, 9.17) is 10.00 Å². The first-order chi connectivity index (χ1) is 11.3. The number of aromatic nitrogens is 2. The van der Waals surface area contributed by atoms with Crippen molar-refractivity contribution in [2.75, 3.05) is 7.11 Å². The number of amides is 1. The summed E-state index contributed by atoms with van der Waals surface area (Å²) in [6, 6.07) is 1.03. The van der Waals surface area contributed by atoms with Gasteiger partial charge >= 0.3 is 5.97 Å². The molecule has 0 aliphatic heterocycles. The molecule has 0 saturated carbocycles. The molecule has 1 amide bonds. The van der Waals surface area contributed by atoms with Crippen molar-refractivity contribution in [3.63, 3.8) is 0 Å². The second-order valence-electron chi connectivity index (χ2n) is 5.61. The van der Waals surface area contributed by atoms with E-state index in [0.29, 0.717) is 17.7 Å². The predicted octanol–water partition coefficient (Wildman–Crippen LogP) is 0.436. The Bertz CT molecular complexity index is 733. The van der Waals surface area contributed by atoms with Gasteiger partial charge in [0.2, 0.25) is 5.91 Å². The van der Waals surface area contributed by atoms with Gasteiger partial charge in [-0.1, -0.05) is 20.3 Å². The average molecular weight is 334 g/mol. The van der Waals surface area contributed by atoms with Gasteiger partial charge in [-0.05, 0) is 25.3 Å². The molecule has 1 heterocycles. The predicted molar refractivity (Wildman–Crippen MR) is 86.1 cm³/mol. The highest BCUT2D eigenvalue weighted by molar-refractivity contribution is 5.84. The Morgan fingerprint density at radius 3 is 2.54 bits per heavy atom. The van der Waals surface area contributed by atoms with Crippen molar-refractivity contribution in [2.45, 2.75) is 46.7 Å². The van der Waals surface area contributed by atoms with Crippen molar-refractivity contribution >= 4 is 11.9 Å². The van der Waals surface area contributed by atoms with E-state index in [0.717, 1.165) is 4.68 Å². The Labute approximate surface area is 140 Å². The standard InChI is InChI=1S/C16H22N4O4/c1-6-9(2)14(16(23)24-5)18-13(21)8-20-15(22)12(7-17)10(3)11(4)19-20/h9,14H,6,8H2,1-5H3,(H,18,21)/t9-,14-/m0/s1. The molecule has 8 heteroatoms. The molecular formula is C16H22N4O4. The fourth-order valence-electron chi connectivity index (χ4n) is 2.16. The van der Waals surface area contributed by atoms with Gasteiger partial charge in [0.15, 0.2) is 0 Å². The van der Waals surface area contributed by atoms with Crippen molar-refractivity contribution in [2.24, 2.45) is 5.92 Å². The third kappa shape index (κ3) is 4.19. The molecule has 130 valence electrons. The third-order valence-electron chi connectivity index (χ3n) is 4.03. The maximum absolute atomic E-state index is 12.2. The molecule has 0 aromatic carbocycles. The van der Waals surface area contributed by atoms with Gasteiger partial charge in [0.05, 0.1) is 12.8 Å². The van der Waals surface area contributed by atoms with Gasteiger partial charge in [0.1, 0.15) is 24.2 Å². The van der Waals surface area contributed by atoms with Crippen LogP contribution in [-0.2, 0) is 20.9 Å². The molecule has 8 nitrogen and oxygen atoms in total. The summed E-state index contributed by atoms with van der Waals surface area (Å²) in [6.07, 6.45) is 0.667. The van der Waals surface area contributed by atoms with E-state index in [1.54, 1.807) is 13.8 Å². The summed E-state index contributed by atoms with van der Waals surface area (Å²) in [7, 11) is 1.25. The van der Waals surface area contributed by atoms with Gasteiger partial charge in [-0.15, -0.1) is 0 Å². The van der Waals surface area contributed by atoms with Gasteiger partial charge in [-0.2, -0.15) is 10.4 Å². The van der Waals surface area contributed by atoms with Gasteiger partial charge in [-0.25, -0.2) is 9.48 Å². The third-order valence-corrected chi connectivity index (χ3v) is 4.03. The van der Waals surface area contributed by atoms with Crippen molar-refractivity contribution in [3.8, 4) is 6.07 Å². The number of esters is 1. The first-order valence-corrected chi connectivity index (χ1v) is 7.62. The Morgan fingerprint density at radius 2 is 2.04 bits per heavy atom. The zero-order valence-corrected chi connectivity index (χ0v) is 14.5. The SMILES string of the molecule is CC[C@H](C)[C@H](NC(=O)Cn1nc(C)c(C)c(C#N)c1=O)C(=O)OC. The van der Waals surface area contributed by atoms with Gasteiger partial charge in [0, 0.05) is 0 Å². The number of carbonyl (C=O) groups is 2. The molecular weight excluding hydrogens is 312 g/mol. The Hall–Kier alpha value is -2.69. The number of ether oxygens (including phenoxy) is 1. The maximum Gasteiger partial charge on any atom is 0.328 e. The molecule has 24 heavy (non-hydrogen) atoms. The fourth-order valence-corrected chi connectivity index (χ4v) is 2.16. The quantitative estimate of drug-likeness (QED) is 0.755. The first-order valence-electron chi connectivity index (χ1n) is 7.62. The molecule has 1 aromatic rings. The molecule has 1 rings (SSSR count). The minimum atomic E-state index is -0.801. The second-order valence-corrected chi connectivity index (χ2v) is 5.61. The largest absolute Gasteiger partial charge is 0.467 e. The van der Waals surface area contributed by atoms with E-state index in [1.165, 1.54) is 7.11 Å². The summed E-state index contributed by atoms with van der Waals surface area (Å²) in [6.45, 7) is 6.61. The molecule has 2 atom stereocenters. The summed E-state index contributed by atoms with van der Waals surface area (Å²) in [4.78, 5) is 36.2. The zero-order chi connectivity index (χ0) is 18.4. The van der Waals surface area contributed by atoms with Crippen LogP contribution in [0.1, 0.15) is 37.1 Å². The maximum atomic E-state index is 12.2. The molecule has 1 N–H and O–H groups in total. The van der Waals surface area contributed by atoms with Crippen LogP contribution in [0.5, 0.6) is 0 Å². The van der Waals surface area contributed by atoms with Crippen molar-refractivity contribution < 1.29 is 14.3 Å². The Kier molecular flexibility index (Phi) is 6.65. The van der Waals surface area contributed by atoms with Crippen LogP contribution in [0.2, 0.25) is 0 Å². The average Bonchev–Trinajstić information content (AvgIpc) is 2.56. The minimum absolute atomic E-state index is 0.0401. The highest BCUT2D eigenvalue weighted by Crippen LogP contribution is 2.09. The number of hydrogen-bond acceptors (Lipinski definition) is 6. The molecule has 0 fully saturated rings. The van der Waals surface area contributed by atoms with E-state index in [-0.39, 0.29) is 18.0 Å². The van der Waals surface area contributed by atoms with Crippen LogP contribution in [0.25, 0.3) is 0 Å². The second kappa shape index (κ2) is 8.24. The number of aryl methyl sites for hydroxylation is 1. The highest BCUT2D eigenvalue weighted by Gasteiger charge is 2.27. The van der Waals surface area contributed by atoms with E-state index in [1.807, 2.05) is 19.9 Å². The van der Waals surface area contributed by atoms with Crippen LogP contribution in [0, 0.1) is 31.1 Å². The number of methoxy groups -OCH3 is 1. The van der Waals surface area contributed by atoms with E-state index >= 15 is 0 Å². The Morgan fingerprint density at radius 1 is 1.42 bits per heavy atom. The van der Waals surface area contributed by atoms with E-state index in [2.05, 4.69) is 10.4 Å². The lowest BCUT2D eigenvalue weighted by Gasteiger charge is -2.22. The molecule has 0 spiro atoms. The summed E-state index contributed by atoms with van der Waals surface area (Å²) >= 11 is 0. The zero-order valence-electron chi connectivity index (χ0n) is 14.5. The van der Waals surface area contributed by atoms with Crippen molar-refractivity contribution in [1.82, 2.24) is 15.1 Å². The molecule has 0 aliphatic carbocycles. The van der Waals surface area contributed by atoms with Crippen molar-refractivity contribution in [3.05, 3.63) is 27.2 Å². The Balaban J connectivity index is 3.04. The van der Waals surface area contributed by atoms with Crippen LogP contribution < -0.4 is 10.9 Å². The van der Waals surface area contributed by atoms with Crippen LogP contribution >= 0.6 is 0 Å². The molecule has 1 aromatic heterocycles. The minimum Gasteiger partial charge on any atom is -0.467 e. The number of rotatable bonds is 6. The van der Waals surface area contributed by atoms with E-state index < -0.39 is 23.5 Å². The first kappa shape index (κ1) is 19.4. The molecule has 0 aliphatic rings. The lowest BCUT2D eigenvalue weighted by molar-refractivity contribution is -0.146. The molecule has 0 unspecified atom stereocenters. The normalized spacial score (nSPS) is 12.8. The number of nitriles is 1. The fraction of sp³-hybridized carbons (Fsp3) is 0.562. The van der Waals surface area contributed by atoms with Gasteiger partial charge in [0.25, 0.3) is 5.56 Å². The summed E-state index contributed by atoms with van der Waals surface area (Å²) in [5.74, 6) is -1.22. The molecule has 0 saturated heterocycles. The number of nitrogens with zero attached hydrogens (tertiary/aromatic N) is 3. The molecule has 0 radical (unpaired) electrons. The summed E-state index contributed by atoms with van der Waals surface area (Å²) in [5, 5.41) is 15.7. The van der Waals surface area contributed by atoms with Gasteiger partial charge < -0.3 is 10.1 Å². The van der Waals surface area contributed by atoms with Crippen LogP contribution in [0.4, 0.5) is 0 Å². The monoisotopic (exact) mass is 334 g/mol. The number of nitrogens with one attached hydrogen (secondary N) is 1. The van der Waals surface area contributed by atoms with Crippen LogP contribution in [0.15, 0.2) is 4.79 Å². The van der Waals surface area contributed by atoms with Crippen LogP contribution in [0.3, 0.4) is 0 Å². The number of hydrogen-bond donors (Lipinski definition) is 1. The lowest BCUT2D eigenvalue weighted by Crippen LogP contribution is -2.47. The summed E-state index contributed by atoms with van der Waals surface area (Å²) in [5.41, 5.74) is 0.312.